The molecule has 14 heteroatoms. The number of aryl methyl sites for hydroxylation is 1. The van der Waals surface area contributed by atoms with E-state index in [9.17, 15) is 26.7 Å². The fourth-order valence-electron chi connectivity index (χ4n) is 3.52. The zero-order chi connectivity index (χ0) is 28.6. The molecule has 0 radical (unpaired) electrons. The van der Waals surface area contributed by atoms with Gasteiger partial charge in [0.2, 0.25) is 0 Å². The Morgan fingerprint density at radius 1 is 1.08 bits per heavy atom. The molecule has 1 amide bonds. The molecule has 1 aromatic heterocycles. The van der Waals surface area contributed by atoms with Gasteiger partial charge in [0, 0.05) is 49.7 Å². The van der Waals surface area contributed by atoms with E-state index in [1.807, 2.05) is 13.1 Å². The number of carboxylic acids is 1. The maximum atomic E-state index is 13.5. The largest absolute Gasteiger partial charge is 0.492 e. The van der Waals surface area contributed by atoms with Crippen molar-refractivity contribution in [1.29, 1.82) is 0 Å². The number of anilines is 1. The van der Waals surface area contributed by atoms with E-state index >= 15 is 0 Å². The number of nitrogens with zero attached hydrogens (tertiary/aromatic N) is 3. The molecular weight excluding hydrogens is 531 g/mol. The van der Waals surface area contributed by atoms with Gasteiger partial charge in [0.25, 0.3) is 5.91 Å². The average Bonchev–Trinajstić information content (AvgIpc) is 3.32. The number of hydrogen-bond donors (Lipinski definition) is 2. The number of ether oxygens (including phenoxy) is 2. The van der Waals surface area contributed by atoms with Crippen LogP contribution >= 0.6 is 0 Å². The van der Waals surface area contributed by atoms with Crippen LogP contribution < -0.4 is 10.1 Å². The van der Waals surface area contributed by atoms with E-state index in [1.165, 1.54) is 6.07 Å². The first-order valence-electron chi connectivity index (χ1n) is 11.6. The number of carbonyl (C=O) groups is 2. The Morgan fingerprint density at radius 2 is 1.77 bits per heavy atom. The lowest BCUT2D eigenvalue weighted by Crippen LogP contribution is -2.38. The fourth-order valence-corrected chi connectivity index (χ4v) is 3.52. The first-order valence-corrected chi connectivity index (χ1v) is 11.6. The van der Waals surface area contributed by atoms with Crippen LogP contribution in [0.25, 0.3) is 11.3 Å². The maximum Gasteiger partial charge on any atom is 0.490 e. The summed E-state index contributed by atoms with van der Waals surface area (Å²) in [5, 5.41) is 14.1. The van der Waals surface area contributed by atoms with Gasteiger partial charge in [0.15, 0.2) is 11.6 Å². The van der Waals surface area contributed by atoms with E-state index in [0.717, 1.165) is 56.2 Å². The average molecular weight is 556 g/mol. The van der Waals surface area contributed by atoms with Crippen LogP contribution in [0.2, 0.25) is 0 Å². The summed E-state index contributed by atoms with van der Waals surface area (Å²) in [7, 11) is 1.82. The van der Waals surface area contributed by atoms with Gasteiger partial charge in [-0.15, -0.1) is 0 Å². The lowest BCUT2D eigenvalue weighted by Gasteiger charge is -2.26. The smallest absolute Gasteiger partial charge is 0.490 e. The maximum absolute atomic E-state index is 13.5. The molecule has 0 aliphatic carbocycles. The van der Waals surface area contributed by atoms with Gasteiger partial charge in [0.05, 0.1) is 18.9 Å². The van der Waals surface area contributed by atoms with Crippen LogP contribution in [0.15, 0.2) is 48.7 Å². The molecule has 2 heterocycles. The van der Waals surface area contributed by atoms with Gasteiger partial charge in [-0.05, 0) is 42.5 Å². The molecule has 1 aliphatic heterocycles. The summed E-state index contributed by atoms with van der Waals surface area (Å²) in [6, 6.07) is 10.2. The topological polar surface area (TPSA) is 106 Å². The van der Waals surface area contributed by atoms with Crippen LogP contribution in [-0.2, 0) is 16.6 Å². The zero-order valence-corrected chi connectivity index (χ0v) is 20.7. The first-order chi connectivity index (χ1) is 18.5. The van der Waals surface area contributed by atoms with Crippen LogP contribution in [-0.4, -0.2) is 77.3 Å². The molecule has 39 heavy (non-hydrogen) atoms. The number of aromatic nitrogens is 2. The minimum absolute atomic E-state index is 0.0248. The first kappa shape index (κ1) is 29.5. The number of benzene rings is 2. The van der Waals surface area contributed by atoms with Crippen molar-refractivity contribution in [3.05, 3.63) is 65.9 Å². The Hall–Kier alpha value is -4.04. The standard InChI is InChI=1S/C23H24F2N4O3.C2HF3O2/c1-28-21(6-7-26-28)18-15-17(27-23(30)16-2-4-19(24)20(25)14-16)3-5-22(18)32-13-10-29-8-11-31-12-9-29;3-2(4,5)1(6)7/h2-7,14-15H,8-13H2,1H3,(H,27,30);(H,6,7). The highest BCUT2D eigenvalue weighted by Crippen LogP contribution is 2.32. The van der Waals surface area contributed by atoms with Crippen LogP contribution in [0.5, 0.6) is 5.75 Å². The summed E-state index contributed by atoms with van der Waals surface area (Å²) < 4.78 is 71.5. The van der Waals surface area contributed by atoms with Crippen molar-refractivity contribution in [1.82, 2.24) is 14.7 Å². The highest BCUT2D eigenvalue weighted by atomic mass is 19.4. The van der Waals surface area contributed by atoms with Gasteiger partial charge in [0.1, 0.15) is 12.4 Å². The number of aliphatic carboxylic acids is 1. The number of amides is 1. The van der Waals surface area contributed by atoms with E-state index in [4.69, 9.17) is 19.4 Å². The molecule has 0 bridgehead atoms. The highest BCUT2D eigenvalue weighted by Gasteiger charge is 2.38. The van der Waals surface area contributed by atoms with Crippen molar-refractivity contribution in [2.24, 2.45) is 7.05 Å². The summed E-state index contributed by atoms with van der Waals surface area (Å²) in [5.74, 6) is -4.71. The normalized spacial score (nSPS) is 13.8. The lowest BCUT2D eigenvalue weighted by molar-refractivity contribution is -0.192. The Labute approximate surface area is 219 Å². The molecule has 0 atom stereocenters. The van der Waals surface area contributed by atoms with Crippen molar-refractivity contribution in [2.45, 2.75) is 6.18 Å². The second kappa shape index (κ2) is 13.2. The van der Waals surface area contributed by atoms with Gasteiger partial charge in [-0.1, -0.05) is 0 Å². The molecule has 0 saturated carbocycles. The van der Waals surface area contributed by atoms with Gasteiger partial charge >= 0.3 is 12.1 Å². The third kappa shape index (κ3) is 8.48. The van der Waals surface area contributed by atoms with Crippen molar-refractivity contribution in [3.63, 3.8) is 0 Å². The summed E-state index contributed by atoms with van der Waals surface area (Å²) in [6.45, 7) is 4.51. The number of carboxylic acid groups (broad SMARTS) is 1. The number of nitrogens with one attached hydrogen (secondary N) is 1. The minimum atomic E-state index is -5.08. The molecule has 1 fully saturated rings. The molecule has 2 aromatic carbocycles. The summed E-state index contributed by atoms with van der Waals surface area (Å²) in [6.07, 6.45) is -3.40. The number of rotatable bonds is 7. The molecule has 0 spiro atoms. The predicted molar refractivity (Wildman–Crippen MR) is 129 cm³/mol. The van der Waals surface area contributed by atoms with E-state index in [0.29, 0.717) is 18.0 Å². The summed E-state index contributed by atoms with van der Waals surface area (Å²) >= 11 is 0. The SMILES string of the molecule is Cn1nccc1-c1cc(NC(=O)c2ccc(F)c(F)c2)ccc1OCCN1CCOCC1.O=C(O)C(F)(F)F. The predicted octanol–water partition coefficient (Wildman–Crippen LogP) is 3.96. The Morgan fingerprint density at radius 3 is 2.36 bits per heavy atom. The Kier molecular flexibility index (Phi) is 9.95. The monoisotopic (exact) mass is 556 g/mol. The van der Waals surface area contributed by atoms with E-state index in [-0.39, 0.29) is 5.56 Å². The molecule has 1 aliphatic rings. The Balaban J connectivity index is 0.000000532. The third-order valence-corrected chi connectivity index (χ3v) is 5.53. The molecule has 210 valence electrons. The van der Waals surface area contributed by atoms with Crippen molar-refractivity contribution < 1.29 is 46.1 Å². The number of halogens is 5. The van der Waals surface area contributed by atoms with Gasteiger partial charge in [-0.3, -0.25) is 14.4 Å². The second-order valence-corrected chi connectivity index (χ2v) is 8.24. The Bertz CT molecular complexity index is 1290. The molecular formula is C25H25F5N4O5. The second-order valence-electron chi connectivity index (χ2n) is 8.24. The number of carbonyl (C=O) groups excluding carboxylic acids is 1. The lowest BCUT2D eigenvalue weighted by atomic mass is 10.1. The van der Waals surface area contributed by atoms with E-state index < -0.39 is 29.7 Å². The highest BCUT2D eigenvalue weighted by molar-refractivity contribution is 6.04. The van der Waals surface area contributed by atoms with Crippen LogP contribution in [0.1, 0.15) is 10.4 Å². The number of alkyl halides is 3. The van der Waals surface area contributed by atoms with Gasteiger partial charge in [-0.25, -0.2) is 13.6 Å². The van der Waals surface area contributed by atoms with Crippen LogP contribution in [0, 0.1) is 11.6 Å². The summed E-state index contributed by atoms with van der Waals surface area (Å²) in [5.41, 5.74) is 2.10. The van der Waals surface area contributed by atoms with E-state index in [1.54, 1.807) is 29.1 Å². The van der Waals surface area contributed by atoms with Crippen molar-refractivity contribution in [2.75, 3.05) is 44.8 Å². The third-order valence-electron chi connectivity index (χ3n) is 5.53. The molecule has 0 unspecified atom stereocenters. The molecule has 2 N–H and O–H groups in total. The fraction of sp³-hybridized carbons (Fsp3) is 0.320. The van der Waals surface area contributed by atoms with E-state index in [2.05, 4.69) is 15.3 Å². The number of hydrogen-bond acceptors (Lipinski definition) is 6. The molecule has 3 aromatic rings. The quantitative estimate of drug-likeness (QED) is 0.425. The van der Waals surface area contributed by atoms with Gasteiger partial charge < -0.3 is 19.9 Å². The minimum Gasteiger partial charge on any atom is -0.492 e. The zero-order valence-electron chi connectivity index (χ0n) is 20.7. The number of morpholine rings is 1. The van der Waals surface area contributed by atoms with Crippen LogP contribution in [0.4, 0.5) is 27.6 Å². The summed E-state index contributed by atoms with van der Waals surface area (Å²) in [4.78, 5) is 23.7. The van der Waals surface area contributed by atoms with Crippen LogP contribution in [0.3, 0.4) is 0 Å². The van der Waals surface area contributed by atoms with Crippen molar-refractivity contribution >= 4 is 17.6 Å². The van der Waals surface area contributed by atoms with Gasteiger partial charge in [-0.2, -0.15) is 18.3 Å². The molecule has 4 rings (SSSR count). The molecule has 1 saturated heterocycles. The molecule has 9 nitrogen and oxygen atoms in total. The van der Waals surface area contributed by atoms with Crippen molar-refractivity contribution in [3.8, 4) is 17.0 Å².